The van der Waals surface area contributed by atoms with Crippen LogP contribution in [0.3, 0.4) is 0 Å². The minimum Gasteiger partial charge on any atom is -0.484 e. The summed E-state index contributed by atoms with van der Waals surface area (Å²) >= 11 is 6.71. The second-order valence-electron chi connectivity index (χ2n) is 7.63. The van der Waals surface area contributed by atoms with Gasteiger partial charge in [-0.2, -0.15) is 0 Å². The zero-order chi connectivity index (χ0) is 23.4. The Morgan fingerprint density at radius 1 is 1.03 bits per heavy atom. The van der Waals surface area contributed by atoms with Gasteiger partial charge in [-0.25, -0.2) is 0 Å². The highest BCUT2D eigenvalue weighted by Crippen LogP contribution is 2.36. The fourth-order valence-corrected chi connectivity index (χ4v) is 4.60. The van der Waals surface area contributed by atoms with E-state index in [4.69, 9.17) is 17.0 Å². The molecule has 5 nitrogen and oxygen atoms in total. The first kappa shape index (κ1) is 22.8. The number of carbonyl (C=O) groups excluding carboxylic acids is 2. The van der Waals surface area contributed by atoms with Crippen molar-refractivity contribution in [3.8, 4) is 5.75 Å². The van der Waals surface area contributed by atoms with Crippen LogP contribution >= 0.6 is 24.0 Å². The number of nitrogens with zero attached hydrogens (tertiary/aromatic N) is 1. The number of carbonyl (C=O) groups is 2. The first-order chi connectivity index (χ1) is 15.9. The maximum Gasteiger partial charge on any atom is 0.270 e. The second-order valence-corrected chi connectivity index (χ2v) is 9.31. The Hall–Kier alpha value is -3.42. The quantitative estimate of drug-likeness (QED) is 0.365. The molecular weight excluding hydrogens is 452 g/mol. The molecule has 1 heterocycles. The molecule has 3 aromatic rings. The summed E-state index contributed by atoms with van der Waals surface area (Å²) in [5.74, 6) is 0.139. The molecule has 7 heteroatoms. The van der Waals surface area contributed by atoms with Gasteiger partial charge >= 0.3 is 0 Å². The van der Waals surface area contributed by atoms with Crippen molar-refractivity contribution in [1.29, 1.82) is 0 Å². The molecule has 4 rings (SSSR count). The van der Waals surface area contributed by atoms with Crippen LogP contribution in [0.15, 0.2) is 77.7 Å². The Kier molecular flexibility index (Phi) is 6.91. The van der Waals surface area contributed by atoms with Gasteiger partial charge in [-0.05, 0) is 67.4 Å². The van der Waals surface area contributed by atoms with Gasteiger partial charge in [0.25, 0.3) is 11.8 Å². The van der Waals surface area contributed by atoms with Crippen molar-refractivity contribution in [2.75, 3.05) is 16.8 Å². The molecule has 0 aromatic heterocycles. The van der Waals surface area contributed by atoms with E-state index in [-0.39, 0.29) is 18.4 Å². The molecule has 0 aliphatic carbocycles. The summed E-state index contributed by atoms with van der Waals surface area (Å²) < 4.78 is 6.15. The number of rotatable bonds is 6. The van der Waals surface area contributed by atoms with Gasteiger partial charge in [-0.3, -0.25) is 14.5 Å². The molecule has 0 spiro atoms. The molecule has 1 aliphatic heterocycles. The third kappa shape index (κ3) is 5.69. The van der Waals surface area contributed by atoms with E-state index in [0.717, 1.165) is 28.1 Å². The van der Waals surface area contributed by atoms with Crippen molar-refractivity contribution < 1.29 is 14.3 Å². The van der Waals surface area contributed by atoms with Crippen molar-refractivity contribution in [3.63, 3.8) is 0 Å². The van der Waals surface area contributed by atoms with Crippen LogP contribution in [-0.4, -0.2) is 22.7 Å². The zero-order valence-corrected chi connectivity index (χ0v) is 19.8. The summed E-state index contributed by atoms with van der Waals surface area (Å²) in [6.45, 7) is 3.84. The van der Waals surface area contributed by atoms with Crippen LogP contribution in [0.1, 0.15) is 16.7 Å². The Bertz CT molecular complexity index is 1250. The van der Waals surface area contributed by atoms with Crippen molar-refractivity contribution >= 4 is 57.6 Å². The third-order valence-corrected chi connectivity index (χ3v) is 6.22. The van der Waals surface area contributed by atoms with Crippen LogP contribution in [0, 0.1) is 13.8 Å². The normalized spacial score (nSPS) is 14.6. The number of thioether (sulfide) groups is 1. The number of aryl methyl sites for hydroxylation is 2. The highest BCUT2D eigenvalue weighted by molar-refractivity contribution is 8.27. The molecule has 0 saturated carbocycles. The largest absolute Gasteiger partial charge is 0.484 e. The molecule has 0 atom stereocenters. The minimum absolute atomic E-state index is 0.118. The molecule has 3 aromatic carbocycles. The average molecular weight is 475 g/mol. The van der Waals surface area contributed by atoms with E-state index in [1.165, 1.54) is 11.8 Å². The first-order valence-corrected chi connectivity index (χ1v) is 11.6. The molecule has 1 aliphatic rings. The van der Waals surface area contributed by atoms with Gasteiger partial charge < -0.3 is 10.1 Å². The molecule has 33 heavy (non-hydrogen) atoms. The summed E-state index contributed by atoms with van der Waals surface area (Å²) in [5.41, 5.74) is 4.45. The maximum absolute atomic E-state index is 13.0. The molecule has 166 valence electrons. The van der Waals surface area contributed by atoms with Crippen LogP contribution in [-0.2, 0) is 9.59 Å². The van der Waals surface area contributed by atoms with Crippen molar-refractivity contribution in [2.45, 2.75) is 13.8 Å². The first-order valence-electron chi connectivity index (χ1n) is 10.3. The fourth-order valence-electron chi connectivity index (χ4n) is 3.30. The van der Waals surface area contributed by atoms with Crippen molar-refractivity contribution in [1.82, 2.24) is 0 Å². The summed E-state index contributed by atoms with van der Waals surface area (Å²) in [5, 5.41) is 2.82. The monoisotopic (exact) mass is 474 g/mol. The second kappa shape index (κ2) is 10.0. The number of hydrogen-bond acceptors (Lipinski definition) is 5. The molecule has 0 radical (unpaired) electrons. The van der Waals surface area contributed by atoms with E-state index in [1.807, 2.05) is 74.5 Å². The number of hydrogen-bond donors (Lipinski definition) is 1. The minimum atomic E-state index is -0.245. The zero-order valence-electron chi connectivity index (χ0n) is 18.2. The van der Waals surface area contributed by atoms with Gasteiger partial charge in [-0.15, -0.1) is 0 Å². The van der Waals surface area contributed by atoms with E-state index in [1.54, 1.807) is 23.1 Å². The third-order valence-electron chi connectivity index (χ3n) is 4.91. The van der Waals surface area contributed by atoms with E-state index in [0.29, 0.717) is 15.0 Å². The van der Waals surface area contributed by atoms with Gasteiger partial charge in [0, 0.05) is 5.69 Å². The van der Waals surface area contributed by atoms with Gasteiger partial charge in [-0.1, -0.05) is 65.9 Å². The molecule has 2 amide bonds. The molecule has 0 bridgehead atoms. The Morgan fingerprint density at radius 3 is 2.55 bits per heavy atom. The lowest BCUT2D eigenvalue weighted by atomic mass is 10.2. The van der Waals surface area contributed by atoms with Gasteiger partial charge in [0.15, 0.2) is 10.9 Å². The predicted octanol–water partition coefficient (Wildman–Crippen LogP) is 5.73. The van der Waals surface area contributed by atoms with E-state index in [9.17, 15) is 9.59 Å². The summed E-state index contributed by atoms with van der Waals surface area (Å²) in [7, 11) is 0. The summed E-state index contributed by atoms with van der Waals surface area (Å²) in [4.78, 5) is 27.3. The Balaban J connectivity index is 1.42. The molecule has 1 fully saturated rings. The van der Waals surface area contributed by atoms with Gasteiger partial charge in [0.05, 0.1) is 10.6 Å². The molecule has 1 saturated heterocycles. The van der Waals surface area contributed by atoms with Crippen LogP contribution in [0.2, 0.25) is 0 Å². The number of nitrogens with one attached hydrogen (secondary N) is 1. The van der Waals surface area contributed by atoms with Crippen molar-refractivity contribution in [2.24, 2.45) is 0 Å². The number of amides is 2. The number of ether oxygens (including phenoxy) is 1. The molecular formula is C26H22N2O3S2. The van der Waals surface area contributed by atoms with Crippen LogP contribution in [0.4, 0.5) is 11.4 Å². The van der Waals surface area contributed by atoms with E-state index in [2.05, 4.69) is 5.32 Å². The SMILES string of the molecule is Cc1ccc(N2C(=O)/C(=C/c3cccc(OCC(=O)Nc4cccc(C)c4)c3)SC2=S)cc1. The molecule has 1 N–H and O–H groups in total. The maximum atomic E-state index is 13.0. The lowest BCUT2D eigenvalue weighted by Gasteiger charge is -2.14. The highest BCUT2D eigenvalue weighted by atomic mass is 32.2. The Morgan fingerprint density at radius 2 is 1.79 bits per heavy atom. The summed E-state index contributed by atoms with van der Waals surface area (Å²) in [6, 6.07) is 22.5. The van der Waals surface area contributed by atoms with Gasteiger partial charge in [0.1, 0.15) is 5.75 Å². The number of benzene rings is 3. The van der Waals surface area contributed by atoms with Crippen LogP contribution in [0.5, 0.6) is 5.75 Å². The smallest absolute Gasteiger partial charge is 0.270 e. The topological polar surface area (TPSA) is 58.6 Å². The lowest BCUT2D eigenvalue weighted by molar-refractivity contribution is -0.118. The fraction of sp³-hybridized carbons (Fsp3) is 0.115. The standard InChI is InChI=1S/C26H22N2O3S2/c1-17-9-11-21(12-10-17)28-25(30)23(33-26(28)32)15-19-6-4-8-22(14-19)31-16-24(29)27-20-7-3-5-18(2)13-20/h3-15H,16H2,1-2H3,(H,27,29)/b23-15-. The van der Waals surface area contributed by atoms with E-state index < -0.39 is 0 Å². The van der Waals surface area contributed by atoms with E-state index >= 15 is 0 Å². The predicted molar refractivity (Wildman–Crippen MR) is 139 cm³/mol. The number of thiocarbonyl (C=S) groups is 1. The number of anilines is 2. The van der Waals surface area contributed by atoms with Crippen molar-refractivity contribution in [3.05, 3.63) is 94.4 Å². The average Bonchev–Trinajstić information content (AvgIpc) is 3.06. The highest BCUT2D eigenvalue weighted by Gasteiger charge is 2.33. The lowest BCUT2D eigenvalue weighted by Crippen LogP contribution is -2.27. The molecule has 0 unspecified atom stereocenters. The van der Waals surface area contributed by atoms with Gasteiger partial charge in [0.2, 0.25) is 0 Å². The van der Waals surface area contributed by atoms with Crippen LogP contribution in [0.25, 0.3) is 6.08 Å². The Labute approximate surface area is 202 Å². The summed E-state index contributed by atoms with van der Waals surface area (Å²) in [6.07, 6.45) is 1.78. The van der Waals surface area contributed by atoms with Crippen LogP contribution < -0.4 is 15.0 Å².